The van der Waals surface area contributed by atoms with Crippen molar-refractivity contribution in [2.75, 3.05) is 14.2 Å². The molecule has 2 aromatic rings. The van der Waals surface area contributed by atoms with Crippen molar-refractivity contribution in [3.63, 3.8) is 0 Å². The molecule has 110 valence electrons. The summed E-state index contributed by atoms with van der Waals surface area (Å²) in [7, 11) is 3.05. The van der Waals surface area contributed by atoms with Gasteiger partial charge in [-0.1, -0.05) is 6.07 Å². The predicted octanol–water partition coefficient (Wildman–Crippen LogP) is 3.58. The summed E-state index contributed by atoms with van der Waals surface area (Å²) >= 11 is 0. The lowest BCUT2D eigenvalue weighted by molar-refractivity contribution is 0.0992. The van der Waals surface area contributed by atoms with Crippen LogP contribution in [-0.2, 0) is 6.42 Å². The fourth-order valence-corrected chi connectivity index (χ4v) is 2.12. The summed E-state index contributed by atoms with van der Waals surface area (Å²) in [5.41, 5.74) is 2.09. The Morgan fingerprint density at radius 3 is 2.43 bits per heavy atom. The molecule has 3 nitrogen and oxygen atoms in total. The second-order valence-electron chi connectivity index (χ2n) is 4.74. The third-order valence-corrected chi connectivity index (χ3v) is 3.37. The van der Waals surface area contributed by atoms with Gasteiger partial charge in [-0.15, -0.1) is 0 Å². The number of hydrogen-bond donors (Lipinski definition) is 0. The number of aryl methyl sites for hydroxylation is 1. The molecule has 4 heteroatoms. The number of benzene rings is 2. The number of ketones is 1. The third-order valence-electron chi connectivity index (χ3n) is 3.37. The zero-order valence-corrected chi connectivity index (χ0v) is 12.3. The van der Waals surface area contributed by atoms with Gasteiger partial charge in [-0.2, -0.15) is 0 Å². The molecule has 0 fully saturated rings. The van der Waals surface area contributed by atoms with E-state index in [4.69, 9.17) is 9.47 Å². The first-order valence-corrected chi connectivity index (χ1v) is 6.55. The average Bonchev–Trinajstić information content (AvgIpc) is 2.50. The molecule has 2 aromatic carbocycles. The van der Waals surface area contributed by atoms with Crippen LogP contribution in [0.3, 0.4) is 0 Å². The minimum absolute atomic E-state index is 0.0929. The Morgan fingerprint density at radius 1 is 1.05 bits per heavy atom. The minimum Gasteiger partial charge on any atom is -0.493 e. The Hall–Kier alpha value is -2.36. The van der Waals surface area contributed by atoms with Crippen LogP contribution in [0.5, 0.6) is 11.5 Å². The lowest BCUT2D eigenvalue weighted by Gasteiger charge is -2.10. The molecule has 0 aromatic heterocycles. The van der Waals surface area contributed by atoms with Gasteiger partial charge in [-0.3, -0.25) is 4.79 Å². The topological polar surface area (TPSA) is 35.5 Å². The van der Waals surface area contributed by atoms with Crippen LogP contribution in [0.2, 0.25) is 0 Å². The highest BCUT2D eigenvalue weighted by atomic mass is 19.1. The molecule has 0 aliphatic heterocycles. The number of methoxy groups -OCH3 is 2. The van der Waals surface area contributed by atoms with Crippen molar-refractivity contribution in [3.05, 3.63) is 58.9 Å². The largest absolute Gasteiger partial charge is 0.493 e. The van der Waals surface area contributed by atoms with Gasteiger partial charge in [0.05, 0.1) is 14.2 Å². The molecule has 0 heterocycles. The van der Waals surface area contributed by atoms with E-state index >= 15 is 0 Å². The first kappa shape index (κ1) is 15.0. The van der Waals surface area contributed by atoms with Gasteiger partial charge in [0, 0.05) is 12.0 Å². The molecule has 2 rings (SSSR count). The fourth-order valence-electron chi connectivity index (χ4n) is 2.12. The molecule has 0 N–H and O–H groups in total. The number of rotatable bonds is 5. The maximum atomic E-state index is 13.3. The Balaban J connectivity index is 2.26. The van der Waals surface area contributed by atoms with Crippen molar-refractivity contribution in [2.24, 2.45) is 0 Å². The maximum Gasteiger partial charge on any atom is 0.167 e. The second kappa shape index (κ2) is 6.39. The van der Waals surface area contributed by atoms with Gasteiger partial charge in [-0.05, 0) is 48.4 Å². The fraction of sp³-hybridized carbons (Fsp3) is 0.235. The summed E-state index contributed by atoms with van der Waals surface area (Å²) in [4.78, 5) is 12.3. The van der Waals surface area contributed by atoms with Crippen molar-refractivity contribution in [3.8, 4) is 11.5 Å². The van der Waals surface area contributed by atoms with E-state index in [9.17, 15) is 9.18 Å². The quantitative estimate of drug-likeness (QED) is 0.789. The van der Waals surface area contributed by atoms with Crippen LogP contribution < -0.4 is 9.47 Å². The molecule has 0 saturated heterocycles. The van der Waals surface area contributed by atoms with Gasteiger partial charge < -0.3 is 9.47 Å². The van der Waals surface area contributed by atoms with Crippen LogP contribution in [0.4, 0.5) is 4.39 Å². The molecular formula is C17H17FO3. The predicted molar refractivity (Wildman–Crippen MR) is 78.7 cm³/mol. The molecule has 0 spiro atoms. The molecular weight excluding hydrogens is 271 g/mol. The summed E-state index contributed by atoms with van der Waals surface area (Å²) in [5, 5.41) is 0. The van der Waals surface area contributed by atoms with E-state index < -0.39 is 0 Å². The van der Waals surface area contributed by atoms with E-state index in [1.54, 1.807) is 24.3 Å². The number of ether oxygens (including phenoxy) is 2. The highest BCUT2D eigenvalue weighted by Gasteiger charge is 2.13. The van der Waals surface area contributed by atoms with Gasteiger partial charge in [0.15, 0.2) is 17.3 Å². The smallest absolute Gasteiger partial charge is 0.167 e. The summed E-state index contributed by atoms with van der Waals surface area (Å²) in [6.45, 7) is 1.86. The zero-order valence-electron chi connectivity index (χ0n) is 12.3. The van der Waals surface area contributed by atoms with Crippen LogP contribution in [0.25, 0.3) is 0 Å². The molecule has 0 bridgehead atoms. The van der Waals surface area contributed by atoms with Gasteiger partial charge in [0.1, 0.15) is 5.82 Å². The van der Waals surface area contributed by atoms with Gasteiger partial charge >= 0.3 is 0 Å². The first-order chi connectivity index (χ1) is 10.0. The minimum atomic E-state index is -0.337. The normalized spacial score (nSPS) is 10.3. The number of halogens is 1. The molecule has 0 amide bonds. The number of carbonyl (C=O) groups excluding carboxylic acids is 1. The summed E-state index contributed by atoms with van der Waals surface area (Å²) in [5.74, 6) is 0.635. The summed E-state index contributed by atoms with van der Waals surface area (Å²) in [6.07, 6.45) is 0.152. The molecule has 0 aliphatic rings. The monoisotopic (exact) mass is 288 g/mol. The highest BCUT2D eigenvalue weighted by molar-refractivity contribution is 5.98. The summed E-state index contributed by atoms with van der Waals surface area (Å²) < 4.78 is 23.6. The highest BCUT2D eigenvalue weighted by Crippen LogP contribution is 2.28. The van der Waals surface area contributed by atoms with Crippen molar-refractivity contribution in [2.45, 2.75) is 13.3 Å². The maximum absolute atomic E-state index is 13.3. The zero-order chi connectivity index (χ0) is 15.4. The molecule has 21 heavy (non-hydrogen) atoms. The van der Waals surface area contributed by atoms with Crippen molar-refractivity contribution < 1.29 is 18.7 Å². The standard InChI is InChI=1S/C17H17FO3/c1-11-4-6-14(18)8-13(11)9-15(19)12-5-7-16(20-2)17(10-12)21-3/h4-8,10H,9H2,1-3H3. The Kier molecular flexibility index (Phi) is 4.58. The van der Waals surface area contributed by atoms with Crippen LogP contribution in [-0.4, -0.2) is 20.0 Å². The van der Waals surface area contributed by atoms with Gasteiger partial charge in [0.2, 0.25) is 0 Å². The van der Waals surface area contributed by atoms with E-state index in [1.807, 2.05) is 6.92 Å². The molecule has 0 radical (unpaired) electrons. The summed E-state index contributed by atoms with van der Waals surface area (Å²) in [6, 6.07) is 9.46. The number of hydrogen-bond acceptors (Lipinski definition) is 3. The van der Waals surface area contributed by atoms with Crippen LogP contribution >= 0.6 is 0 Å². The van der Waals surface area contributed by atoms with Gasteiger partial charge in [0.25, 0.3) is 0 Å². The van der Waals surface area contributed by atoms with E-state index in [1.165, 1.54) is 26.4 Å². The molecule has 0 atom stereocenters. The van der Waals surface area contributed by atoms with Crippen LogP contribution in [0, 0.1) is 12.7 Å². The van der Waals surface area contributed by atoms with E-state index in [-0.39, 0.29) is 18.0 Å². The molecule has 0 aliphatic carbocycles. The molecule has 0 unspecified atom stereocenters. The van der Waals surface area contributed by atoms with E-state index in [0.717, 1.165) is 5.56 Å². The Bertz CT molecular complexity index is 665. The third kappa shape index (κ3) is 3.40. The Labute approximate surface area is 123 Å². The van der Waals surface area contributed by atoms with Crippen LogP contribution in [0.1, 0.15) is 21.5 Å². The van der Waals surface area contributed by atoms with Crippen molar-refractivity contribution in [1.29, 1.82) is 0 Å². The first-order valence-electron chi connectivity index (χ1n) is 6.55. The molecule has 0 saturated carbocycles. The second-order valence-corrected chi connectivity index (χ2v) is 4.74. The lowest BCUT2D eigenvalue weighted by Crippen LogP contribution is -2.06. The van der Waals surface area contributed by atoms with E-state index in [2.05, 4.69) is 0 Å². The SMILES string of the molecule is COc1ccc(C(=O)Cc2cc(F)ccc2C)cc1OC. The number of carbonyl (C=O) groups is 1. The van der Waals surface area contributed by atoms with Crippen LogP contribution in [0.15, 0.2) is 36.4 Å². The van der Waals surface area contributed by atoms with Crippen molar-refractivity contribution >= 4 is 5.78 Å². The average molecular weight is 288 g/mol. The van der Waals surface area contributed by atoms with Gasteiger partial charge in [-0.25, -0.2) is 4.39 Å². The van der Waals surface area contributed by atoms with Crippen molar-refractivity contribution in [1.82, 2.24) is 0 Å². The number of Topliss-reactive ketones (excluding diaryl/α,β-unsaturated/α-hetero) is 1. The van der Waals surface area contributed by atoms with E-state index in [0.29, 0.717) is 22.6 Å². The Morgan fingerprint density at radius 2 is 1.76 bits per heavy atom. The lowest BCUT2D eigenvalue weighted by atomic mass is 9.99.